The van der Waals surface area contributed by atoms with Gasteiger partial charge in [-0.3, -0.25) is 9.79 Å². The monoisotopic (exact) mass is 532 g/mol. The molecule has 7 nitrogen and oxygen atoms in total. The number of aliphatic imine (C=N–C) groups is 1. The molecule has 1 aliphatic heterocycles. The van der Waals surface area contributed by atoms with Gasteiger partial charge >= 0.3 is 0 Å². The molecule has 2 atom stereocenters. The minimum absolute atomic E-state index is 0. The van der Waals surface area contributed by atoms with E-state index in [1.54, 1.807) is 7.05 Å². The molecule has 30 heavy (non-hydrogen) atoms. The second-order valence-electron chi connectivity index (χ2n) is 7.54. The Balaban J connectivity index is 0.00000450. The predicted octanol–water partition coefficient (Wildman–Crippen LogP) is 3.14. The standard InChI is InChI=1S/C22H36N4O3.HI/c1-5-17(3)26-21(27)10-11-24-22(23-4)25-14-18-9-8-16(2)13-20(18)29-15-19-7-6-12-28-19;/h8-9,13,17,19H,5-7,10-12,14-15H2,1-4H3,(H,26,27)(H2,23,24,25);1H. The van der Waals surface area contributed by atoms with Crippen molar-refractivity contribution in [3.63, 3.8) is 0 Å². The van der Waals surface area contributed by atoms with Crippen molar-refractivity contribution in [2.75, 3.05) is 26.8 Å². The normalized spacial score (nSPS) is 17.1. The summed E-state index contributed by atoms with van der Waals surface area (Å²) in [6.45, 7) is 8.63. The zero-order valence-electron chi connectivity index (χ0n) is 18.6. The van der Waals surface area contributed by atoms with E-state index in [0.717, 1.165) is 42.7 Å². The fourth-order valence-corrected chi connectivity index (χ4v) is 3.04. The number of benzene rings is 1. The molecule has 170 valence electrons. The second kappa shape index (κ2) is 14.5. The minimum atomic E-state index is 0. The topological polar surface area (TPSA) is 84.0 Å². The fourth-order valence-electron chi connectivity index (χ4n) is 3.04. The molecular weight excluding hydrogens is 495 g/mol. The van der Waals surface area contributed by atoms with Crippen molar-refractivity contribution in [3.05, 3.63) is 29.3 Å². The van der Waals surface area contributed by atoms with Gasteiger partial charge in [-0.05, 0) is 44.7 Å². The van der Waals surface area contributed by atoms with Gasteiger partial charge in [0.05, 0.1) is 6.10 Å². The highest BCUT2D eigenvalue weighted by Crippen LogP contribution is 2.22. The Morgan fingerprint density at radius 1 is 1.37 bits per heavy atom. The smallest absolute Gasteiger partial charge is 0.221 e. The van der Waals surface area contributed by atoms with Crippen LogP contribution in [0.2, 0.25) is 0 Å². The highest BCUT2D eigenvalue weighted by atomic mass is 127. The molecule has 0 aliphatic carbocycles. The first-order valence-electron chi connectivity index (χ1n) is 10.6. The van der Waals surface area contributed by atoms with Gasteiger partial charge in [-0.1, -0.05) is 19.1 Å². The van der Waals surface area contributed by atoms with Gasteiger partial charge in [0.15, 0.2) is 5.96 Å². The van der Waals surface area contributed by atoms with Gasteiger partial charge in [0, 0.05) is 44.8 Å². The Bertz CT molecular complexity index is 678. The van der Waals surface area contributed by atoms with E-state index in [9.17, 15) is 4.79 Å². The molecule has 1 aliphatic rings. The van der Waals surface area contributed by atoms with Gasteiger partial charge < -0.3 is 25.4 Å². The maximum atomic E-state index is 11.9. The Kier molecular flexibility index (Phi) is 12.8. The fraction of sp³-hybridized carbons (Fsp3) is 0.636. The molecule has 1 heterocycles. The summed E-state index contributed by atoms with van der Waals surface area (Å²) in [6, 6.07) is 6.40. The van der Waals surface area contributed by atoms with Crippen molar-refractivity contribution in [1.29, 1.82) is 0 Å². The average molecular weight is 532 g/mol. The number of nitrogens with one attached hydrogen (secondary N) is 3. The molecular formula is C22H37IN4O3. The first kappa shape index (κ1) is 26.5. The van der Waals surface area contributed by atoms with Crippen LogP contribution in [-0.2, 0) is 16.1 Å². The van der Waals surface area contributed by atoms with Crippen LogP contribution in [-0.4, -0.2) is 50.8 Å². The number of amides is 1. The summed E-state index contributed by atoms with van der Waals surface area (Å²) in [4.78, 5) is 16.1. The quantitative estimate of drug-likeness (QED) is 0.245. The summed E-state index contributed by atoms with van der Waals surface area (Å²) in [5.41, 5.74) is 2.22. The van der Waals surface area contributed by atoms with E-state index in [1.165, 1.54) is 0 Å². The van der Waals surface area contributed by atoms with Crippen LogP contribution >= 0.6 is 24.0 Å². The van der Waals surface area contributed by atoms with Crippen LogP contribution in [0.4, 0.5) is 0 Å². The van der Waals surface area contributed by atoms with Crippen LogP contribution in [0, 0.1) is 6.92 Å². The largest absolute Gasteiger partial charge is 0.491 e. The van der Waals surface area contributed by atoms with E-state index in [2.05, 4.69) is 53.0 Å². The lowest BCUT2D eigenvalue weighted by Gasteiger charge is -2.17. The molecule has 0 spiro atoms. The van der Waals surface area contributed by atoms with Crippen molar-refractivity contribution in [1.82, 2.24) is 16.0 Å². The van der Waals surface area contributed by atoms with Crippen molar-refractivity contribution in [3.8, 4) is 5.75 Å². The van der Waals surface area contributed by atoms with Gasteiger partial charge in [-0.15, -0.1) is 24.0 Å². The molecule has 1 amide bonds. The summed E-state index contributed by atoms with van der Waals surface area (Å²) < 4.78 is 11.7. The summed E-state index contributed by atoms with van der Waals surface area (Å²) in [5.74, 6) is 1.58. The Morgan fingerprint density at radius 3 is 2.83 bits per heavy atom. The van der Waals surface area contributed by atoms with E-state index in [1.807, 2.05) is 6.92 Å². The van der Waals surface area contributed by atoms with E-state index >= 15 is 0 Å². The molecule has 1 aromatic carbocycles. The van der Waals surface area contributed by atoms with Crippen LogP contribution in [0.3, 0.4) is 0 Å². The summed E-state index contributed by atoms with van der Waals surface area (Å²) in [7, 11) is 1.72. The van der Waals surface area contributed by atoms with Gasteiger partial charge in [-0.2, -0.15) is 0 Å². The Labute approximate surface area is 197 Å². The summed E-state index contributed by atoms with van der Waals surface area (Å²) in [6.07, 6.45) is 3.68. The lowest BCUT2D eigenvalue weighted by atomic mass is 10.1. The second-order valence-corrected chi connectivity index (χ2v) is 7.54. The molecule has 2 unspecified atom stereocenters. The predicted molar refractivity (Wildman–Crippen MR) is 132 cm³/mol. The third-order valence-corrected chi connectivity index (χ3v) is 5.01. The first-order valence-corrected chi connectivity index (χ1v) is 10.6. The summed E-state index contributed by atoms with van der Waals surface area (Å²) in [5, 5.41) is 9.44. The number of carbonyl (C=O) groups is 1. The summed E-state index contributed by atoms with van der Waals surface area (Å²) >= 11 is 0. The first-order chi connectivity index (χ1) is 14.0. The number of ether oxygens (including phenoxy) is 2. The molecule has 3 N–H and O–H groups in total. The molecule has 1 saturated heterocycles. The molecule has 8 heteroatoms. The number of guanidine groups is 1. The lowest BCUT2D eigenvalue weighted by molar-refractivity contribution is -0.121. The number of carbonyl (C=O) groups excluding carboxylic acids is 1. The molecule has 0 saturated carbocycles. The Morgan fingerprint density at radius 2 is 2.17 bits per heavy atom. The molecule has 1 aromatic rings. The van der Waals surface area contributed by atoms with Crippen molar-refractivity contribution < 1.29 is 14.3 Å². The lowest BCUT2D eigenvalue weighted by Crippen LogP contribution is -2.40. The van der Waals surface area contributed by atoms with Crippen LogP contribution in [0.1, 0.15) is 50.7 Å². The highest BCUT2D eigenvalue weighted by Gasteiger charge is 2.17. The van der Waals surface area contributed by atoms with Crippen molar-refractivity contribution >= 4 is 35.8 Å². The number of hydrogen-bond acceptors (Lipinski definition) is 4. The maximum absolute atomic E-state index is 11.9. The van der Waals surface area contributed by atoms with E-state index < -0.39 is 0 Å². The van der Waals surface area contributed by atoms with Gasteiger partial charge in [0.2, 0.25) is 5.91 Å². The van der Waals surface area contributed by atoms with Gasteiger partial charge in [0.1, 0.15) is 12.4 Å². The zero-order chi connectivity index (χ0) is 21.1. The SMILES string of the molecule is CCC(C)NC(=O)CCNC(=NC)NCc1ccc(C)cc1OCC1CCCO1.I. The average Bonchev–Trinajstić information content (AvgIpc) is 3.23. The van der Waals surface area contributed by atoms with Gasteiger partial charge in [0.25, 0.3) is 0 Å². The maximum Gasteiger partial charge on any atom is 0.221 e. The van der Waals surface area contributed by atoms with Crippen LogP contribution < -0.4 is 20.7 Å². The third-order valence-electron chi connectivity index (χ3n) is 5.01. The van der Waals surface area contributed by atoms with Gasteiger partial charge in [-0.25, -0.2) is 0 Å². The number of aryl methyl sites for hydroxylation is 1. The molecule has 0 radical (unpaired) electrons. The van der Waals surface area contributed by atoms with E-state index in [4.69, 9.17) is 9.47 Å². The number of halogens is 1. The van der Waals surface area contributed by atoms with Crippen LogP contribution in [0.5, 0.6) is 5.75 Å². The molecule has 0 bridgehead atoms. The zero-order valence-corrected chi connectivity index (χ0v) is 21.0. The molecule has 1 fully saturated rings. The van der Waals surface area contributed by atoms with Crippen LogP contribution in [0.15, 0.2) is 23.2 Å². The van der Waals surface area contributed by atoms with E-state index in [-0.39, 0.29) is 42.0 Å². The minimum Gasteiger partial charge on any atom is -0.491 e. The van der Waals surface area contributed by atoms with Crippen molar-refractivity contribution in [2.24, 2.45) is 4.99 Å². The highest BCUT2D eigenvalue weighted by molar-refractivity contribution is 14.0. The third kappa shape index (κ3) is 9.51. The number of nitrogens with zero attached hydrogens (tertiary/aromatic N) is 1. The number of hydrogen-bond donors (Lipinski definition) is 3. The Hall–Kier alpha value is -1.55. The van der Waals surface area contributed by atoms with Crippen LogP contribution in [0.25, 0.3) is 0 Å². The van der Waals surface area contributed by atoms with Crippen molar-refractivity contribution in [2.45, 2.75) is 65.1 Å². The number of rotatable bonds is 10. The molecule has 0 aromatic heterocycles. The van der Waals surface area contributed by atoms with E-state index in [0.29, 0.717) is 32.1 Å². The molecule has 2 rings (SSSR count).